The van der Waals surface area contributed by atoms with Crippen LogP contribution in [0.5, 0.6) is 0 Å². The van der Waals surface area contributed by atoms with Gasteiger partial charge >= 0.3 is 0 Å². The summed E-state index contributed by atoms with van der Waals surface area (Å²) in [5.74, 6) is 0.801. The maximum Gasteiger partial charge on any atom is 0.286 e. The van der Waals surface area contributed by atoms with Gasteiger partial charge in [-0.2, -0.15) is 0 Å². The van der Waals surface area contributed by atoms with Crippen LogP contribution in [0.1, 0.15) is 53.0 Å². The van der Waals surface area contributed by atoms with Gasteiger partial charge in [0, 0.05) is 18.9 Å². The van der Waals surface area contributed by atoms with Crippen LogP contribution in [0.4, 0.5) is 0 Å². The molecule has 3 aromatic rings. The van der Waals surface area contributed by atoms with Gasteiger partial charge in [-0.3, -0.25) is 4.79 Å². The number of rotatable bonds is 8. The van der Waals surface area contributed by atoms with Crippen molar-refractivity contribution in [3.05, 3.63) is 106 Å². The van der Waals surface area contributed by atoms with Gasteiger partial charge in [0.1, 0.15) is 0 Å². The molecule has 1 heterocycles. The first-order chi connectivity index (χ1) is 17.7. The lowest BCUT2D eigenvalue weighted by Gasteiger charge is -2.29. The van der Waals surface area contributed by atoms with Gasteiger partial charge in [0.15, 0.2) is 5.76 Å². The van der Waals surface area contributed by atoms with Crippen LogP contribution in [0.15, 0.2) is 78.6 Å². The highest BCUT2D eigenvalue weighted by molar-refractivity contribution is 5.91. The third-order valence-corrected chi connectivity index (χ3v) is 7.42. The number of hydrogen-bond donors (Lipinski definition) is 2. The van der Waals surface area contributed by atoms with E-state index in [4.69, 9.17) is 9.47 Å². The smallest absolute Gasteiger partial charge is 0.286 e. The fourth-order valence-corrected chi connectivity index (χ4v) is 5.12. The first kappa shape index (κ1) is 23.0. The van der Waals surface area contributed by atoms with Crippen LogP contribution in [0.3, 0.4) is 0 Å². The van der Waals surface area contributed by atoms with Gasteiger partial charge in [-0.15, -0.1) is 0 Å². The van der Waals surface area contributed by atoms with Crippen molar-refractivity contribution in [2.45, 2.75) is 51.1 Å². The van der Waals surface area contributed by atoms with E-state index in [-0.39, 0.29) is 18.4 Å². The number of aliphatic hydroxyl groups excluding tert-OH is 1. The SMILES string of the molecule is O=C(NCC1CC1)C1=C[C@H](c2ccc3c(c2)Cc2ccccc2-3)C[C@H](OCc2ccc(CO)cc2)O1. The molecule has 2 N–H and O–H groups in total. The first-order valence-corrected chi connectivity index (χ1v) is 12.8. The van der Waals surface area contributed by atoms with Gasteiger partial charge in [-0.25, -0.2) is 0 Å². The maximum atomic E-state index is 12.9. The van der Waals surface area contributed by atoms with Crippen LogP contribution in [-0.4, -0.2) is 23.8 Å². The van der Waals surface area contributed by atoms with E-state index in [0.29, 0.717) is 31.2 Å². The molecule has 6 rings (SSSR count). The molecule has 1 saturated carbocycles. The molecule has 1 fully saturated rings. The minimum Gasteiger partial charge on any atom is -0.459 e. The number of fused-ring (bicyclic) bond motifs is 3. The molecule has 0 spiro atoms. The number of carbonyl (C=O) groups excluding carboxylic acids is 1. The van der Waals surface area contributed by atoms with Gasteiger partial charge < -0.3 is 19.9 Å². The maximum absolute atomic E-state index is 12.9. The van der Waals surface area contributed by atoms with E-state index in [1.807, 2.05) is 30.3 Å². The molecule has 0 saturated heterocycles. The summed E-state index contributed by atoms with van der Waals surface area (Å²) in [6, 6.07) is 22.9. The van der Waals surface area contributed by atoms with Gasteiger partial charge in [-0.05, 0) is 70.2 Å². The lowest BCUT2D eigenvalue weighted by atomic mass is 9.90. The Labute approximate surface area is 211 Å². The van der Waals surface area contributed by atoms with Crippen molar-refractivity contribution in [3.63, 3.8) is 0 Å². The Bertz CT molecular complexity index is 1290. The van der Waals surface area contributed by atoms with Crippen molar-refractivity contribution in [3.8, 4) is 11.1 Å². The Morgan fingerprint density at radius 1 is 0.972 bits per heavy atom. The number of ether oxygens (including phenoxy) is 2. The van der Waals surface area contributed by atoms with Crippen LogP contribution in [0.2, 0.25) is 0 Å². The number of carbonyl (C=O) groups is 1. The zero-order chi connectivity index (χ0) is 24.5. The molecule has 1 amide bonds. The normalized spacial score (nSPS) is 20.2. The topological polar surface area (TPSA) is 67.8 Å². The van der Waals surface area contributed by atoms with Crippen molar-refractivity contribution in [2.24, 2.45) is 5.92 Å². The Morgan fingerprint density at radius 2 is 1.75 bits per heavy atom. The molecular formula is C31H31NO4. The van der Waals surface area contributed by atoms with E-state index < -0.39 is 6.29 Å². The molecule has 5 heteroatoms. The summed E-state index contributed by atoms with van der Waals surface area (Å²) < 4.78 is 12.2. The van der Waals surface area contributed by atoms with Crippen molar-refractivity contribution < 1.29 is 19.4 Å². The molecule has 0 unspecified atom stereocenters. The molecule has 2 atom stereocenters. The lowest BCUT2D eigenvalue weighted by Crippen LogP contribution is -2.33. The molecule has 0 bridgehead atoms. The average molecular weight is 482 g/mol. The van der Waals surface area contributed by atoms with Crippen molar-refractivity contribution >= 4 is 5.91 Å². The van der Waals surface area contributed by atoms with Crippen LogP contribution < -0.4 is 5.32 Å². The summed E-state index contributed by atoms with van der Waals surface area (Å²) in [7, 11) is 0. The van der Waals surface area contributed by atoms with E-state index >= 15 is 0 Å². The zero-order valence-corrected chi connectivity index (χ0v) is 20.3. The number of nitrogens with one attached hydrogen (secondary N) is 1. The third kappa shape index (κ3) is 4.95. The largest absolute Gasteiger partial charge is 0.459 e. The molecule has 3 aliphatic rings. The highest BCUT2D eigenvalue weighted by Crippen LogP contribution is 2.40. The Balaban J connectivity index is 1.21. The van der Waals surface area contributed by atoms with E-state index in [9.17, 15) is 9.90 Å². The second kappa shape index (κ2) is 9.92. The molecule has 3 aromatic carbocycles. The number of hydrogen-bond acceptors (Lipinski definition) is 4. The highest BCUT2D eigenvalue weighted by Gasteiger charge is 2.31. The first-order valence-electron chi connectivity index (χ1n) is 12.8. The van der Waals surface area contributed by atoms with Crippen LogP contribution >= 0.6 is 0 Å². The Hall–Kier alpha value is -3.41. The molecule has 1 aliphatic heterocycles. The number of amides is 1. The fraction of sp³-hybridized carbons (Fsp3) is 0.323. The standard InChI is InChI=1S/C31H31NO4/c33-18-21-7-9-22(10-8-21)19-35-30-16-25(15-29(36-30)31(34)32-17-20-5-6-20)23-11-12-28-26(13-23)14-24-3-1-2-4-27(24)28/h1-4,7-13,15,20,25,30,33H,5-6,14,16-19H2,(H,32,34)/t25-,30+/m0/s1. The number of aliphatic hydroxyl groups is 1. The van der Waals surface area contributed by atoms with E-state index in [0.717, 1.165) is 17.5 Å². The van der Waals surface area contributed by atoms with Crippen LogP contribution in [-0.2, 0) is 33.9 Å². The summed E-state index contributed by atoms with van der Waals surface area (Å²) >= 11 is 0. The minimum absolute atomic E-state index is 0.0184. The molecule has 184 valence electrons. The summed E-state index contributed by atoms with van der Waals surface area (Å²) in [6.07, 6.45) is 5.37. The molecular weight excluding hydrogens is 450 g/mol. The summed E-state index contributed by atoms with van der Waals surface area (Å²) in [6.45, 7) is 1.09. The lowest BCUT2D eigenvalue weighted by molar-refractivity contribution is -0.150. The summed E-state index contributed by atoms with van der Waals surface area (Å²) in [5, 5.41) is 12.3. The molecule has 0 aromatic heterocycles. The Kier molecular flexibility index (Phi) is 6.34. The fourth-order valence-electron chi connectivity index (χ4n) is 5.12. The van der Waals surface area contributed by atoms with Crippen molar-refractivity contribution in [2.75, 3.05) is 6.54 Å². The second-order valence-corrected chi connectivity index (χ2v) is 10.1. The van der Waals surface area contributed by atoms with Gasteiger partial charge in [0.2, 0.25) is 6.29 Å². The van der Waals surface area contributed by atoms with E-state index in [1.54, 1.807) is 0 Å². The number of benzene rings is 3. The molecule has 2 aliphatic carbocycles. The second-order valence-electron chi connectivity index (χ2n) is 10.1. The van der Waals surface area contributed by atoms with Crippen LogP contribution in [0, 0.1) is 5.92 Å². The molecule has 36 heavy (non-hydrogen) atoms. The highest BCUT2D eigenvalue weighted by atomic mass is 16.7. The number of allylic oxidation sites excluding steroid dienone is 1. The minimum atomic E-state index is -0.523. The van der Waals surface area contributed by atoms with Gasteiger partial charge in [-0.1, -0.05) is 66.7 Å². The third-order valence-electron chi connectivity index (χ3n) is 7.42. The zero-order valence-electron chi connectivity index (χ0n) is 20.3. The Morgan fingerprint density at radius 3 is 2.56 bits per heavy atom. The monoisotopic (exact) mass is 481 g/mol. The van der Waals surface area contributed by atoms with Gasteiger partial charge in [0.05, 0.1) is 13.2 Å². The van der Waals surface area contributed by atoms with Crippen molar-refractivity contribution in [1.29, 1.82) is 0 Å². The summed E-state index contributed by atoms with van der Waals surface area (Å²) in [4.78, 5) is 12.9. The predicted molar refractivity (Wildman–Crippen MR) is 138 cm³/mol. The molecule has 5 nitrogen and oxygen atoms in total. The summed E-state index contributed by atoms with van der Waals surface area (Å²) in [5.41, 5.74) is 8.34. The van der Waals surface area contributed by atoms with E-state index in [1.165, 1.54) is 40.7 Å². The van der Waals surface area contributed by atoms with E-state index in [2.05, 4.69) is 47.8 Å². The molecule has 0 radical (unpaired) electrons. The van der Waals surface area contributed by atoms with Crippen molar-refractivity contribution in [1.82, 2.24) is 5.32 Å². The predicted octanol–water partition coefficient (Wildman–Crippen LogP) is 5.21. The van der Waals surface area contributed by atoms with Crippen LogP contribution in [0.25, 0.3) is 11.1 Å². The average Bonchev–Trinajstić information content (AvgIpc) is 3.69. The van der Waals surface area contributed by atoms with Gasteiger partial charge in [0.25, 0.3) is 5.91 Å². The quantitative estimate of drug-likeness (QED) is 0.363.